The van der Waals surface area contributed by atoms with Gasteiger partial charge >= 0.3 is 12.0 Å². The molecular formula is C23H24N4O5S. The van der Waals surface area contributed by atoms with E-state index in [-0.39, 0.29) is 30.0 Å². The van der Waals surface area contributed by atoms with Crippen LogP contribution in [-0.2, 0) is 16.1 Å². The molecule has 4 rings (SSSR count). The van der Waals surface area contributed by atoms with Crippen LogP contribution in [0.1, 0.15) is 29.0 Å². The van der Waals surface area contributed by atoms with Gasteiger partial charge in [0, 0.05) is 4.88 Å². The number of carbonyl (C=O) groups excluding carboxylic acids is 2. The van der Waals surface area contributed by atoms with Gasteiger partial charge in [-0.2, -0.15) is 0 Å². The molecule has 0 aliphatic carbocycles. The Labute approximate surface area is 194 Å². The number of esters is 1. The second-order valence-corrected chi connectivity index (χ2v) is 8.76. The third-order valence-electron chi connectivity index (χ3n) is 5.58. The fourth-order valence-corrected chi connectivity index (χ4v) is 4.78. The smallest absolute Gasteiger partial charge is 0.338 e. The summed E-state index contributed by atoms with van der Waals surface area (Å²) in [7, 11) is 1.56. The number of aromatic nitrogens is 2. The molecule has 0 saturated carbocycles. The fourth-order valence-electron chi connectivity index (χ4n) is 3.79. The van der Waals surface area contributed by atoms with Gasteiger partial charge in [-0.25, -0.2) is 14.6 Å². The first-order valence-electron chi connectivity index (χ1n) is 10.4. The zero-order chi connectivity index (χ0) is 23.7. The van der Waals surface area contributed by atoms with Crippen LogP contribution in [0.3, 0.4) is 0 Å². The van der Waals surface area contributed by atoms with Gasteiger partial charge in [0.15, 0.2) is 0 Å². The Kier molecular flexibility index (Phi) is 6.19. The average Bonchev–Trinajstić information content (AvgIpc) is 3.09. The second kappa shape index (κ2) is 9.07. The zero-order valence-electron chi connectivity index (χ0n) is 18.7. The summed E-state index contributed by atoms with van der Waals surface area (Å²) >= 11 is 1.46. The lowest BCUT2D eigenvalue weighted by molar-refractivity contribution is -0.139. The van der Waals surface area contributed by atoms with Gasteiger partial charge in [-0.05, 0) is 44.0 Å². The van der Waals surface area contributed by atoms with Crippen molar-refractivity contribution in [2.75, 3.05) is 13.7 Å². The van der Waals surface area contributed by atoms with Gasteiger partial charge in [-0.3, -0.25) is 9.36 Å². The quantitative estimate of drug-likeness (QED) is 0.538. The number of benzene rings is 1. The number of hydrogen-bond acceptors (Lipinski definition) is 7. The minimum atomic E-state index is -0.753. The Balaban J connectivity index is 1.83. The molecule has 9 nitrogen and oxygen atoms in total. The number of allylic oxidation sites excluding steroid dienone is 1. The van der Waals surface area contributed by atoms with Crippen LogP contribution in [0.2, 0.25) is 0 Å². The number of ether oxygens (including phenoxy) is 2. The number of nitrogens with one attached hydrogen (secondary N) is 2. The van der Waals surface area contributed by atoms with Crippen LogP contribution in [0.4, 0.5) is 4.79 Å². The molecule has 2 N–H and O–H groups in total. The summed E-state index contributed by atoms with van der Waals surface area (Å²) in [6, 6.07) is 5.79. The van der Waals surface area contributed by atoms with E-state index >= 15 is 0 Å². The summed E-state index contributed by atoms with van der Waals surface area (Å²) in [5.74, 6) is 0.0683. The number of urea groups is 1. The van der Waals surface area contributed by atoms with Crippen LogP contribution < -0.4 is 20.9 Å². The van der Waals surface area contributed by atoms with E-state index in [9.17, 15) is 14.4 Å². The monoisotopic (exact) mass is 468 g/mol. The number of methoxy groups -OCH3 is 1. The molecule has 1 aromatic carbocycles. The molecule has 2 amide bonds. The second-order valence-electron chi connectivity index (χ2n) is 7.56. The van der Waals surface area contributed by atoms with Crippen molar-refractivity contribution in [3.63, 3.8) is 0 Å². The van der Waals surface area contributed by atoms with Crippen molar-refractivity contribution >= 4 is 33.6 Å². The molecule has 0 spiro atoms. The maximum atomic E-state index is 13.2. The predicted molar refractivity (Wildman–Crippen MR) is 124 cm³/mol. The minimum Gasteiger partial charge on any atom is -0.497 e. The first kappa shape index (κ1) is 22.5. The van der Waals surface area contributed by atoms with Gasteiger partial charge in [0.25, 0.3) is 5.56 Å². The molecular weight excluding hydrogens is 444 g/mol. The molecule has 3 aromatic rings. The van der Waals surface area contributed by atoms with Crippen molar-refractivity contribution < 1.29 is 19.1 Å². The number of rotatable bonds is 6. The van der Waals surface area contributed by atoms with Crippen molar-refractivity contribution in [1.82, 2.24) is 20.2 Å². The van der Waals surface area contributed by atoms with Gasteiger partial charge in [-0.1, -0.05) is 12.1 Å². The molecule has 172 valence electrons. The molecule has 0 fully saturated rings. The van der Waals surface area contributed by atoms with Crippen LogP contribution >= 0.6 is 11.3 Å². The Morgan fingerprint density at radius 2 is 1.94 bits per heavy atom. The van der Waals surface area contributed by atoms with Crippen molar-refractivity contribution in [1.29, 1.82) is 0 Å². The number of amides is 2. The molecule has 1 unspecified atom stereocenters. The molecule has 3 heterocycles. The standard InChI is InChI=1S/C23H24N4O5S/c1-5-32-22(29)18-16(10-27-11-24-20-17(21(27)28)12(2)13(3)33-20)25-23(30)26-19(18)14-6-8-15(31-4)9-7-14/h6-9,11,19H,5,10H2,1-4H3,(H2,25,26,30). The predicted octanol–water partition coefficient (Wildman–Crippen LogP) is 2.95. The van der Waals surface area contributed by atoms with Crippen molar-refractivity contribution in [3.8, 4) is 5.75 Å². The number of carbonyl (C=O) groups is 2. The molecule has 1 atom stereocenters. The summed E-state index contributed by atoms with van der Waals surface area (Å²) in [6.45, 7) is 5.67. The Morgan fingerprint density at radius 1 is 1.21 bits per heavy atom. The highest BCUT2D eigenvalue weighted by molar-refractivity contribution is 7.18. The van der Waals surface area contributed by atoms with E-state index in [0.29, 0.717) is 21.5 Å². The molecule has 2 aromatic heterocycles. The van der Waals surface area contributed by atoms with Crippen LogP contribution in [0, 0.1) is 13.8 Å². The molecule has 10 heteroatoms. The van der Waals surface area contributed by atoms with E-state index < -0.39 is 18.0 Å². The first-order valence-corrected chi connectivity index (χ1v) is 11.2. The number of fused-ring (bicyclic) bond motifs is 1. The summed E-state index contributed by atoms with van der Waals surface area (Å²) in [5.41, 5.74) is 1.84. The Morgan fingerprint density at radius 3 is 2.61 bits per heavy atom. The van der Waals surface area contributed by atoms with E-state index in [4.69, 9.17) is 9.47 Å². The normalized spacial score (nSPS) is 15.9. The maximum Gasteiger partial charge on any atom is 0.338 e. The highest BCUT2D eigenvalue weighted by atomic mass is 32.1. The molecule has 33 heavy (non-hydrogen) atoms. The van der Waals surface area contributed by atoms with Crippen molar-refractivity contribution in [2.24, 2.45) is 0 Å². The minimum absolute atomic E-state index is 0.0374. The molecule has 0 saturated heterocycles. The molecule has 1 aliphatic heterocycles. The van der Waals surface area contributed by atoms with Gasteiger partial charge in [0.2, 0.25) is 0 Å². The highest BCUT2D eigenvalue weighted by Crippen LogP contribution is 2.30. The number of hydrogen-bond donors (Lipinski definition) is 2. The van der Waals surface area contributed by atoms with E-state index in [1.165, 1.54) is 22.2 Å². The molecule has 1 aliphatic rings. The van der Waals surface area contributed by atoms with Crippen LogP contribution in [0.5, 0.6) is 5.75 Å². The summed E-state index contributed by atoms with van der Waals surface area (Å²) in [5, 5.41) is 6.02. The van der Waals surface area contributed by atoms with E-state index in [0.717, 1.165) is 10.4 Å². The van der Waals surface area contributed by atoms with Gasteiger partial charge in [0.1, 0.15) is 10.6 Å². The van der Waals surface area contributed by atoms with Gasteiger partial charge < -0.3 is 20.1 Å². The number of aryl methyl sites for hydroxylation is 2. The molecule has 0 radical (unpaired) electrons. The van der Waals surface area contributed by atoms with E-state index in [1.54, 1.807) is 38.3 Å². The van der Waals surface area contributed by atoms with Crippen molar-refractivity contribution in [3.05, 3.63) is 68.2 Å². The lowest BCUT2D eigenvalue weighted by Gasteiger charge is -2.29. The number of nitrogens with zero attached hydrogens (tertiary/aromatic N) is 2. The SMILES string of the molecule is CCOC(=O)C1=C(Cn2cnc3sc(C)c(C)c3c2=O)NC(=O)NC1c1ccc(OC)cc1. The summed E-state index contributed by atoms with van der Waals surface area (Å²) in [4.78, 5) is 44.8. The van der Waals surface area contributed by atoms with Gasteiger partial charge in [-0.15, -0.1) is 11.3 Å². The van der Waals surface area contributed by atoms with Gasteiger partial charge in [0.05, 0.1) is 49.3 Å². The van der Waals surface area contributed by atoms with Crippen LogP contribution in [0.25, 0.3) is 10.2 Å². The highest BCUT2D eigenvalue weighted by Gasteiger charge is 2.34. The zero-order valence-corrected chi connectivity index (χ0v) is 19.5. The molecule has 0 bridgehead atoms. The lowest BCUT2D eigenvalue weighted by Crippen LogP contribution is -2.47. The third-order valence-corrected chi connectivity index (χ3v) is 6.70. The maximum absolute atomic E-state index is 13.2. The largest absolute Gasteiger partial charge is 0.497 e. The average molecular weight is 469 g/mol. The van der Waals surface area contributed by atoms with Crippen LogP contribution in [-0.4, -0.2) is 35.3 Å². The summed E-state index contributed by atoms with van der Waals surface area (Å²) in [6.07, 6.45) is 1.44. The van der Waals surface area contributed by atoms with Crippen molar-refractivity contribution in [2.45, 2.75) is 33.4 Å². The first-order chi connectivity index (χ1) is 15.8. The third kappa shape index (κ3) is 4.21. The fraction of sp³-hybridized carbons (Fsp3) is 0.304. The van der Waals surface area contributed by atoms with E-state index in [1.807, 2.05) is 13.8 Å². The summed E-state index contributed by atoms with van der Waals surface area (Å²) < 4.78 is 11.9. The Hall–Kier alpha value is -3.66. The van der Waals surface area contributed by atoms with Crippen LogP contribution in [0.15, 0.2) is 46.7 Å². The lowest BCUT2D eigenvalue weighted by atomic mass is 9.95. The van der Waals surface area contributed by atoms with E-state index in [2.05, 4.69) is 15.6 Å². The Bertz CT molecular complexity index is 1320. The number of thiophene rings is 1. The topological polar surface area (TPSA) is 112 Å².